The van der Waals surface area contributed by atoms with Crippen molar-refractivity contribution in [3.63, 3.8) is 0 Å². The first-order valence-electron chi connectivity index (χ1n) is 8.74. The molecule has 8 heteroatoms. The van der Waals surface area contributed by atoms with Crippen molar-refractivity contribution in [1.82, 2.24) is 20.4 Å². The minimum atomic E-state index is -0.488. The molecule has 0 unspecified atom stereocenters. The molecule has 2 aromatic carbocycles. The summed E-state index contributed by atoms with van der Waals surface area (Å²) in [7, 11) is 1.60. The van der Waals surface area contributed by atoms with Crippen LogP contribution in [0.4, 0.5) is 13.2 Å². The van der Waals surface area contributed by atoms with Gasteiger partial charge >= 0.3 is 0 Å². The number of aromatic nitrogens is 2. The molecule has 0 amide bonds. The van der Waals surface area contributed by atoms with E-state index in [1.807, 2.05) is 12.3 Å². The lowest BCUT2D eigenvalue weighted by Crippen LogP contribution is -2.38. The van der Waals surface area contributed by atoms with Crippen molar-refractivity contribution >= 4 is 5.96 Å². The van der Waals surface area contributed by atoms with Gasteiger partial charge in [-0.3, -0.25) is 4.99 Å². The van der Waals surface area contributed by atoms with Crippen molar-refractivity contribution in [2.45, 2.75) is 13.0 Å². The third-order valence-electron chi connectivity index (χ3n) is 4.09. The van der Waals surface area contributed by atoms with Crippen LogP contribution in [0, 0.1) is 17.5 Å². The van der Waals surface area contributed by atoms with Crippen LogP contribution in [0.15, 0.2) is 59.7 Å². The second kappa shape index (κ2) is 9.07. The second-order valence-electron chi connectivity index (χ2n) is 6.07. The van der Waals surface area contributed by atoms with Crippen molar-refractivity contribution < 1.29 is 13.2 Å². The van der Waals surface area contributed by atoms with Crippen molar-refractivity contribution in [3.8, 4) is 5.69 Å². The summed E-state index contributed by atoms with van der Waals surface area (Å²) in [6, 6.07) is 11.3. The monoisotopic (exact) mass is 387 g/mol. The van der Waals surface area contributed by atoms with Gasteiger partial charge in [0, 0.05) is 38.3 Å². The molecule has 0 saturated heterocycles. The van der Waals surface area contributed by atoms with Crippen molar-refractivity contribution in [2.24, 2.45) is 4.99 Å². The SMILES string of the molecule is CN=C(NCCc1ccn(-c2ccc(F)cc2)n1)NCc1cc(F)ccc1F. The first kappa shape index (κ1) is 19.5. The molecule has 0 radical (unpaired) electrons. The summed E-state index contributed by atoms with van der Waals surface area (Å²) in [5.74, 6) is -0.785. The summed E-state index contributed by atoms with van der Waals surface area (Å²) in [6.07, 6.45) is 2.44. The van der Waals surface area contributed by atoms with Crippen LogP contribution >= 0.6 is 0 Å². The number of hydrogen-bond donors (Lipinski definition) is 2. The van der Waals surface area contributed by atoms with Crippen LogP contribution < -0.4 is 10.6 Å². The van der Waals surface area contributed by atoms with Gasteiger partial charge in [0.15, 0.2) is 5.96 Å². The molecule has 3 aromatic rings. The number of hydrogen-bond acceptors (Lipinski definition) is 2. The Balaban J connectivity index is 1.49. The topological polar surface area (TPSA) is 54.2 Å². The predicted molar refractivity (Wildman–Crippen MR) is 102 cm³/mol. The smallest absolute Gasteiger partial charge is 0.191 e. The van der Waals surface area contributed by atoms with Gasteiger partial charge in [-0.05, 0) is 48.5 Å². The fourth-order valence-corrected chi connectivity index (χ4v) is 2.62. The van der Waals surface area contributed by atoms with Gasteiger partial charge in [0.05, 0.1) is 11.4 Å². The summed E-state index contributed by atoms with van der Waals surface area (Å²) < 4.78 is 41.6. The van der Waals surface area contributed by atoms with Gasteiger partial charge in [-0.25, -0.2) is 17.9 Å². The van der Waals surface area contributed by atoms with Crippen LogP contribution in [0.5, 0.6) is 0 Å². The lowest BCUT2D eigenvalue weighted by Gasteiger charge is -2.12. The van der Waals surface area contributed by atoms with Crippen LogP contribution in [0.1, 0.15) is 11.3 Å². The third kappa shape index (κ3) is 5.12. The van der Waals surface area contributed by atoms with Gasteiger partial charge in [0.2, 0.25) is 0 Å². The minimum Gasteiger partial charge on any atom is -0.356 e. The highest BCUT2D eigenvalue weighted by atomic mass is 19.1. The van der Waals surface area contributed by atoms with Crippen LogP contribution in [0.2, 0.25) is 0 Å². The van der Waals surface area contributed by atoms with Crippen molar-refractivity contribution in [1.29, 1.82) is 0 Å². The lowest BCUT2D eigenvalue weighted by molar-refractivity contribution is 0.581. The molecule has 0 aliphatic carbocycles. The predicted octanol–water partition coefficient (Wildman–Crippen LogP) is 3.20. The molecule has 0 spiro atoms. The zero-order chi connectivity index (χ0) is 19.9. The maximum Gasteiger partial charge on any atom is 0.191 e. The molecule has 3 rings (SSSR count). The Kier molecular flexibility index (Phi) is 6.31. The highest BCUT2D eigenvalue weighted by Crippen LogP contribution is 2.10. The number of benzene rings is 2. The van der Waals surface area contributed by atoms with E-state index in [0.29, 0.717) is 18.9 Å². The fourth-order valence-electron chi connectivity index (χ4n) is 2.62. The summed E-state index contributed by atoms with van der Waals surface area (Å²) in [4.78, 5) is 4.06. The van der Waals surface area contributed by atoms with Gasteiger partial charge in [-0.2, -0.15) is 5.10 Å². The van der Waals surface area contributed by atoms with E-state index in [1.54, 1.807) is 23.9 Å². The van der Waals surface area contributed by atoms with E-state index < -0.39 is 11.6 Å². The molecule has 2 N–H and O–H groups in total. The van der Waals surface area contributed by atoms with Crippen molar-refractivity contribution in [2.75, 3.05) is 13.6 Å². The van der Waals surface area contributed by atoms with E-state index in [9.17, 15) is 13.2 Å². The number of nitrogens with one attached hydrogen (secondary N) is 2. The van der Waals surface area contributed by atoms with E-state index in [4.69, 9.17) is 0 Å². The first-order chi connectivity index (χ1) is 13.5. The van der Waals surface area contributed by atoms with Gasteiger partial charge in [-0.15, -0.1) is 0 Å². The third-order valence-corrected chi connectivity index (χ3v) is 4.09. The molecule has 1 aromatic heterocycles. The van der Waals surface area contributed by atoms with Crippen LogP contribution in [0.3, 0.4) is 0 Å². The minimum absolute atomic E-state index is 0.114. The Hall–Kier alpha value is -3.29. The fraction of sp³-hybridized carbons (Fsp3) is 0.200. The molecule has 0 aliphatic rings. The Bertz CT molecular complexity index is 951. The number of aliphatic imine (C=N–C) groups is 1. The summed E-state index contributed by atoms with van der Waals surface area (Å²) >= 11 is 0. The Morgan fingerprint density at radius 2 is 1.75 bits per heavy atom. The molecule has 0 aliphatic heterocycles. The maximum atomic E-state index is 13.7. The molecule has 1 heterocycles. The van der Waals surface area contributed by atoms with E-state index in [0.717, 1.165) is 29.6 Å². The molecule has 28 heavy (non-hydrogen) atoms. The molecule has 0 fully saturated rings. The molecule has 5 nitrogen and oxygen atoms in total. The average Bonchev–Trinajstić information content (AvgIpc) is 3.16. The molecule has 0 saturated carbocycles. The van der Waals surface area contributed by atoms with E-state index in [-0.39, 0.29) is 17.9 Å². The standard InChI is InChI=1S/C20H20F3N5/c1-24-20(26-13-14-12-16(22)4-7-19(14)23)25-10-8-17-9-11-28(27-17)18-5-2-15(21)3-6-18/h2-7,9,11-12H,8,10,13H2,1H3,(H2,24,25,26). The number of guanidine groups is 1. The number of halogens is 3. The number of nitrogens with zero attached hydrogens (tertiary/aromatic N) is 3. The summed E-state index contributed by atoms with van der Waals surface area (Å²) in [6.45, 7) is 0.661. The molecular formula is C20H20F3N5. The number of rotatable bonds is 6. The lowest BCUT2D eigenvalue weighted by atomic mass is 10.2. The Morgan fingerprint density at radius 1 is 1.00 bits per heavy atom. The van der Waals surface area contributed by atoms with Gasteiger partial charge < -0.3 is 10.6 Å². The Labute approximate surface area is 160 Å². The summed E-state index contributed by atoms with van der Waals surface area (Å²) in [5, 5.41) is 10.5. The van der Waals surface area contributed by atoms with Gasteiger partial charge in [0.1, 0.15) is 17.5 Å². The largest absolute Gasteiger partial charge is 0.356 e. The molecule has 0 bridgehead atoms. The molecule has 0 atom stereocenters. The van der Waals surface area contributed by atoms with E-state index >= 15 is 0 Å². The van der Waals surface area contributed by atoms with Gasteiger partial charge in [0.25, 0.3) is 0 Å². The van der Waals surface area contributed by atoms with E-state index in [1.165, 1.54) is 12.1 Å². The van der Waals surface area contributed by atoms with Gasteiger partial charge in [-0.1, -0.05) is 0 Å². The zero-order valence-electron chi connectivity index (χ0n) is 15.3. The molecular weight excluding hydrogens is 367 g/mol. The second-order valence-corrected chi connectivity index (χ2v) is 6.07. The Morgan fingerprint density at radius 3 is 2.50 bits per heavy atom. The van der Waals surface area contributed by atoms with Crippen LogP contribution in [-0.4, -0.2) is 29.3 Å². The zero-order valence-corrected chi connectivity index (χ0v) is 15.3. The van der Waals surface area contributed by atoms with Crippen molar-refractivity contribution in [3.05, 3.63) is 83.4 Å². The van der Waals surface area contributed by atoms with Crippen LogP contribution in [0.25, 0.3) is 5.69 Å². The quantitative estimate of drug-likeness (QED) is 0.505. The van der Waals surface area contributed by atoms with E-state index in [2.05, 4.69) is 20.7 Å². The summed E-state index contributed by atoms with van der Waals surface area (Å²) in [5.41, 5.74) is 1.85. The van der Waals surface area contributed by atoms with Crippen LogP contribution in [-0.2, 0) is 13.0 Å². The highest BCUT2D eigenvalue weighted by molar-refractivity contribution is 5.79. The maximum absolute atomic E-state index is 13.7. The molecule has 146 valence electrons. The first-order valence-corrected chi connectivity index (χ1v) is 8.74. The normalized spacial score (nSPS) is 11.5. The highest BCUT2D eigenvalue weighted by Gasteiger charge is 2.06. The average molecular weight is 387 g/mol.